The zero-order chi connectivity index (χ0) is 21.1. The number of rotatable bonds is 6. The summed E-state index contributed by atoms with van der Waals surface area (Å²) in [6.45, 7) is 4.18. The molecule has 2 amide bonds. The van der Waals surface area contributed by atoms with Crippen LogP contribution in [0.3, 0.4) is 0 Å². The molecule has 10 heteroatoms. The number of carbonyl (C=O) groups excluding carboxylic acids is 2. The Morgan fingerprint density at radius 1 is 1.14 bits per heavy atom. The molecule has 0 atom stereocenters. The van der Waals surface area contributed by atoms with Crippen LogP contribution in [0.2, 0.25) is 5.02 Å². The van der Waals surface area contributed by atoms with Gasteiger partial charge in [0.25, 0.3) is 11.8 Å². The van der Waals surface area contributed by atoms with Crippen molar-refractivity contribution in [2.75, 3.05) is 16.9 Å². The molecule has 0 saturated heterocycles. The number of anilines is 2. The fourth-order valence-corrected chi connectivity index (χ4v) is 3.40. The van der Waals surface area contributed by atoms with Crippen LogP contribution in [0.25, 0.3) is 0 Å². The van der Waals surface area contributed by atoms with E-state index in [0.29, 0.717) is 28.5 Å². The van der Waals surface area contributed by atoms with Gasteiger partial charge in [-0.15, -0.1) is 11.8 Å². The van der Waals surface area contributed by atoms with Crippen molar-refractivity contribution in [1.29, 1.82) is 0 Å². The zero-order valence-electron chi connectivity index (χ0n) is 16.5. The minimum Gasteiger partial charge on any atom is -0.319 e. The molecule has 0 unspecified atom stereocenters. The summed E-state index contributed by atoms with van der Waals surface area (Å²) in [4.78, 5) is 26.6. The van der Waals surface area contributed by atoms with Gasteiger partial charge in [-0.05, 0) is 38.3 Å². The maximum absolute atomic E-state index is 12.9. The summed E-state index contributed by atoms with van der Waals surface area (Å²) in [5.74, 6) is -0.798. The molecule has 0 spiro atoms. The second-order valence-electron chi connectivity index (χ2n) is 6.24. The van der Waals surface area contributed by atoms with Gasteiger partial charge in [0.05, 0.1) is 40.0 Å². The lowest BCUT2D eigenvalue weighted by molar-refractivity contribution is 0.101. The van der Waals surface area contributed by atoms with Crippen LogP contribution in [0.15, 0.2) is 35.5 Å². The van der Waals surface area contributed by atoms with Crippen LogP contribution in [-0.4, -0.2) is 37.6 Å². The molecular formula is C19H21ClN6O2S. The van der Waals surface area contributed by atoms with Crippen LogP contribution in [0.1, 0.15) is 33.5 Å². The van der Waals surface area contributed by atoms with Crippen molar-refractivity contribution in [3.63, 3.8) is 0 Å². The van der Waals surface area contributed by atoms with E-state index in [0.717, 1.165) is 10.6 Å². The van der Waals surface area contributed by atoms with Gasteiger partial charge in [-0.1, -0.05) is 11.6 Å². The third-order valence-electron chi connectivity index (χ3n) is 4.50. The standard InChI is InChI=1S/C19H21ClN6O2S/c1-5-26-17(19(28)23-15-9-21-25(3)11(15)2)16(10-22-26)24-18(27)13-8-12(29-4)6-7-14(13)20/h6-10H,5H2,1-4H3,(H,23,28)(H,24,27). The molecule has 0 fully saturated rings. The van der Waals surface area contributed by atoms with E-state index in [9.17, 15) is 9.59 Å². The van der Waals surface area contributed by atoms with Crippen LogP contribution in [0, 0.1) is 6.92 Å². The first kappa shape index (κ1) is 20.9. The molecule has 0 radical (unpaired) electrons. The Morgan fingerprint density at radius 2 is 1.83 bits per heavy atom. The zero-order valence-corrected chi connectivity index (χ0v) is 18.1. The number of carbonyl (C=O) groups is 2. The van der Waals surface area contributed by atoms with Crippen LogP contribution in [0.5, 0.6) is 0 Å². The highest BCUT2D eigenvalue weighted by Gasteiger charge is 2.22. The van der Waals surface area contributed by atoms with E-state index in [1.807, 2.05) is 26.2 Å². The summed E-state index contributed by atoms with van der Waals surface area (Å²) >= 11 is 7.71. The molecule has 2 aromatic heterocycles. The van der Waals surface area contributed by atoms with E-state index in [2.05, 4.69) is 20.8 Å². The van der Waals surface area contributed by atoms with Crippen LogP contribution < -0.4 is 10.6 Å². The molecule has 0 aliphatic rings. The number of nitrogens with zero attached hydrogens (tertiary/aromatic N) is 4. The van der Waals surface area contributed by atoms with Gasteiger partial charge in [0.2, 0.25) is 0 Å². The molecule has 0 saturated carbocycles. The number of hydrogen-bond acceptors (Lipinski definition) is 5. The number of thioether (sulfide) groups is 1. The first-order valence-electron chi connectivity index (χ1n) is 8.86. The predicted octanol–water partition coefficient (Wildman–Crippen LogP) is 3.82. The highest BCUT2D eigenvalue weighted by Crippen LogP contribution is 2.25. The van der Waals surface area contributed by atoms with E-state index in [1.54, 1.807) is 30.1 Å². The van der Waals surface area contributed by atoms with Crippen molar-refractivity contribution in [1.82, 2.24) is 19.6 Å². The highest BCUT2D eigenvalue weighted by molar-refractivity contribution is 7.98. The molecule has 29 heavy (non-hydrogen) atoms. The van der Waals surface area contributed by atoms with Crippen molar-refractivity contribution in [2.24, 2.45) is 7.05 Å². The number of amides is 2. The second-order valence-corrected chi connectivity index (χ2v) is 7.53. The molecular weight excluding hydrogens is 412 g/mol. The third kappa shape index (κ3) is 4.30. The number of nitrogens with one attached hydrogen (secondary N) is 2. The molecule has 0 aliphatic carbocycles. The fourth-order valence-electron chi connectivity index (χ4n) is 2.75. The Hall–Kier alpha value is -2.78. The molecule has 3 aromatic rings. The Balaban J connectivity index is 1.89. The summed E-state index contributed by atoms with van der Waals surface area (Å²) in [5, 5.41) is 14.3. The summed E-state index contributed by atoms with van der Waals surface area (Å²) < 4.78 is 3.19. The minimum absolute atomic E-state index is 0.251. The van der Waals surface area contributed by atoms with Crippen LogP contribution in [-0.2, 0) is 13.6 Å². The van der Waals surface area contributed by atoms with E-state index in [1.165, 1.54) is 22.6 Å². The van der Waals surface area contributed by atoms with Gasteiger partial charge in [0, 0.05) is 18.5 Å². The topological polar surface area (TPSA) is 93.8 Å². The maximum Gasteiger partial charge on any atom is 0.276 e. The van der Waals surface area contributed by atoms with Gasteiger partial charge in [-0.25, -0.2) is 0 Å². The van der Waals surface area contributed by atoms with Gasteiger partial charge in [0.1, 0.15) is 5.69 Å². The Kier molecular flexibility index (Phi) is 6.29. The fraction of sp³-hybridized carbons (Fsp3) is 0.263. The molecule has 0 bridgehead atoms. The molecule has 2 N–H and O–H groups in total. The number of aryl methyl sites for hydroxylation is 2. The number of halogens is 1. The SMILES string of the molecule is CCn1ncc(NC(=O)c2cc(SC)ccc2Cl)c1C(=O)Nc1cnn(C)c1C. The summed E-state index contributed by atoms with van der Waals surface area (Å²) in [5.41, 5.74) is 2.29. The average Bonchev–Trinajstić information content (AvgIpc) is 3.26. The van der Waals surface area contributed by atoms with E-state index >= 15 is 0 Å². The summed E-state index contributed by atoms with van der Waals surface area (Å²) in [7, 11) is 1.79. The maximum atomic E-state index is 12.9. The normalized spacial score (nSPS) is 10.8. The van der Waals surface area contributed by atoms with Crippen molar-refractivity contribution in [3.05, 3.63) is 52.6 Å². The molecule has 2 heterocycles. The van der Waals surface area contributed by atoms with E-state index < -0.39 is 5.91 Å². The summed E-state index contributed by atoms with van der Waals surface area (Å²) in [6, 6.07) is 5.23. The molecule has 0 aliphatic heterocycles. The average molecular weight is 433 g/mol. The first-order chi connectivity index (χ1) is 13.8. The Labute approximate surface area is 177 Å². The van der Waals surface area contributed by atoms with Crippen LogP contribution >= 0.6 is 23.4 Å². The van der Waals surface area contributed by atoms with Gasteiger partial charge in [-0.3, -0.25) is 19.0 Å². The van der Waals surface area contributed by atoms with Gasteiger partial charge in [0.15, 0.2) is 0 Å². The van der Waals surface area contributed by atoms with Gasteiger partial charge < -0.3 is 10.6 Å². The summed E-state index contributed by atoms with van der Waals surface area (Å²) in [6.07, 6.45) is 4.95. The molecule has 152 valence electrons. The Bertz CT molecular complexity index is 1070. The number of hydrogen-bond donors (Lipinski definition) is 2. The third-order valence-corrected chi connectivity index (χ3v) is 5.56. The number of aromatic nitrogens is 4. The monoisotopic (exact) mass is 432 g/mol. The van der Waals surface area contributed by atoms with Crippen molar-refractivity contribution in [2.45, 2.75) is 25.3 Å². The minimum atomic E-state index is -0.409. The Morgan fingerprint density at radius 3 is 2.45 bits per heavy atom. The predicted molar refractivity (Wildman–Crippen MR) is 115 cm³/mol. The lowest BCUT2D eigenvalue weighted by Gasteiger charge is -2.11. The lowest BCUT2D eigenvalue weighted by atomic mass is 10.2. The van der Waals surface area contributed by atoms with Crippen molar-refractivity contribution < 1.29 is 9.59 Å². The number of benzene rings is 1. The van der Waals surface area contributed by atoms with Crippen molar-refractivity contribution in [3.8, 4) is 0 Å². The quantitative estimate of drug-likeness (QED) is 0.577. The van der Waals surface area contributed by atoms with Crippen molar-refractivity contribution >= 4 is 46.6 Å². The van der Waals surface area contributed by atoms with E-state index in [4.69, 9.17) is 11.6 Å². The molecule has 1 aromatic carbocycles. The van der Waals surface area contributed by atoms with Gasteiger partial charge in [-0.2, -0.15) is 10.2 Å². The van der Waals surface area contributed by atoms with Gasteiger partial charge >= 0.3 is 0 Å². The largest absolute Gasteiger partial charge is 0.319 e. The smallest absolute Gasteiger partial charge is 0.276 e. The lowest BCUT2D eigenvalue weighted by Crippen LogP contribution is -2.21. The van der Waals surface area contributed by atoms with Crippen LogP contribution in [0.4, 0.5) is 11.4 Å². The van der Waals surface area contributed by atoms with E-state index in [-0.39, 0.29) is 11.6 Å². The highest BCUT2D eigenvalue weighted by atomic mass is 35.5. The first-order valence-corrected chi connectivity index (χ1v) is 10.5. The molecule has 8 nitrogen and oxygen atoms in total. The second kappa shape index (κ2) is 8.71. The molecule has 3 rings (SSSR count).